The van der Waals surface area contributed by atoms with Gasteiger partial charge in [-0.3, -0.25) is 9.36 Å². The van der Waals surface area contributed by atoms with Gasteiger partial charge in [0.1, 0.15) is 6.10 Å². The first-order valence-corrected chi connectivity index (χ1v) is 6.27. The van der Waals surface area contributed by atoms with Crippen LogP contribution in [0.2, 0.25) is 0 Å². The summed E-state index contributed by atoms with van der Waals surface area (Å²) in [5.74, 6) is -1.21. The molecule has 1 fully saturated rings. The molecule has 4 N–H and O–H groups in total. The molecule has 4 atom stereocenters. The highest BCUT2D eigenvalue weighted by molar-refractivity contribution is 5.93. The van der Waals surface area contributed by atoms with Gasteiger partial charge in [-0.05, 0) is 6.42 Å². The second-order valence-corrected chi connectivity index (χ2v) is 4.83. The van der Waals surface area contributed by atoms with Crippen molar-refractivity contribution in [3.8, 4) is 5.88 Å². The Morgan fingerprint density at radius 1 is 1.50 bits per heavy atom. The minimum atomic E-state index is -0.796. The summed E-state index contributed by atoms with van der Waals surface area (Å²) in [6.45, 7) is -0.0486. The van der Waals surface area contributed by atoms with Crippen molar-refractivity contribution in [2.45, 2.75) is 24.7 Å². The number of carbonyl (C=O) groups excluding carboxylic acids is 1. The number of aromatic hydroxyl groups is 1. The Hall–Kier alpha value is -1.64. The fourth-order valence-electron chi connectivity index (χ4n) is 2.90. The van der Waals surface area contributed by atoms with Gasteiger partial charge in [0, 0.05) is 26.7 Å². The van der Waals surface area contributed by atoms with Crippen LogP contribution in [-0.2, 0) is 9.47 Å². The summed E-state index contributed by atoms with van der Waals surface area (Å²) in [6.07, 6.45) is 1.22. The van der Waals surface area contributed by atoms with E-state index in [2.05, 4.69) is 4.98 Å². The third kappa shape index (κ3) is 2.26. The average Bonchev–Trinajstić information content (AvgIpc) is 2.97. The molecule has 1 aromatic heterocycles. The molecule has 4 unspecified atom stereocenters. The highest BCUT2D eigenvalue weighted by Gasteiger charge is 2.45. The lowest BCUT2D eigenvalue weighted by Crippen LogP contribution is -2.34. The molecule has 0 saturated heterocycles. The summed E-state index contributed by atoms with van der Waals surface area (Å²) < 4.78 is 12.2. The summed E-state index contributed by atoms with van der Waals surface area (Å²) >= 11 is 0. The number of hydrogen-bond acceptors (Lipinski definition) is 6. The third-order valence-corrected chi connectivity index (χ3v) is 3.85. The van der Waals surface area contributed by atoms with E-state index in [0.717, 1.165) is 0 Å². The predicted molar refractivity (Wildman–Crippen MR) is 68.2 cm³/mol. The highest BCUT2D eigenvalue weighted by atomic mass is 16.5. The van der Waals surface area contributed by atoms with Crippen molar-refractivity contribution in [1.82, 2.24) is 9.55 Å². The molecule has 0 radical (unpaired) electrons. The lowest BCUT2D eigenvalue weighted by atomic mass is 10.1. The number of amides is 1. The van der Waals surface area contributed by atoms with E-state index in [4.69, 9.17) is 15.2 Å². The zero-order valence-electron chi connectivity index (χ0n) is 11.4. The molecular formula is C12H19N3O5. The highest BCUT2D eigenvalue weighted by Crippen LogP contribution is 2.40. The van der Waals surface area contributed by atoms with Crippen LogP contribution < -0.4 is 5.73 Å². The van der Waals surface area contributed by atoms with Gasteiger partial charge in [-0.1, -0.05) is 0 Å². The molecule has 0 spiro atoms. The number of methoxy groups -OCH3 is 2. The van der Waals surface area contributed by atoms with Crippen LogP contribution in [0.25, 0.3) is 0 Å². The van der Waals surface area contributed by atoms with E-state index in [-0.39, 0.29) is 42.3 Å². The molecule has 2 rings (SSSR count). The number of aromatic nitrogens is 2. The van der Waals surface area contributed by atoms with Crippen LogP contribution in [0.4, 0.5) is 0 Å². The zero-order chi connectivity index (χ0) is 14.9. The number of ether oxygens (including phenoxy) is 2. The maximum Gasteiger partial charge on any atom is 0.272 e. The number of aliphatic hydroxyl groups is 1. The van der Waals surface area contributed by atoms with Crippen molar-refractivity contribution in [1.29, 1.82) is 0 Å². The largest absolute Gasteiger partial charge is 0.493 e. The van der Waals surface area contributed by atoms with Gasteiger partial charge < -0.3 is 25.4 Å². The predicted octanol–water partition coefficient (Wildman–Crippen LogP) is -0.729. The molecule has 112 valence electrons. The first-order chi connectivity index (χ1) is 9.54. The van der Waals surface area contributed by atoms with E-state index in [9.17, 15) is 15.0 Å². The lowest BCUT2D eigenvalue weighted by molar-refractivity contribution is -0.0530. The van der Waals surface area contributed by atoms with Crippen molar-refractivity contribution < 1.29 is 24.5 Å². The first-order valence-electron chi connectivity index (χ1n) is 6.27. The van der Waals surface area contributed by atoms with Crippen LogP contribution in [-0.4, -0.2) is 58.7 Å². The number of rotatable bonds is 5. The summed E-state index contributed by atoms with van der Waals surface area (Å²) in [7, 11) is 3.08. The maximum absolute atomic E-state index is 11.1. The average molecular weight is 285 g/mol. The van der Waals surface area contributed by atoms with Crippen LogP contribution in [0.3, 0.4) is 0 Å². The Morgan fingerprint density at radius 2 is 2.15 bits per heavy atom. The van der Waals surface area contributed by atoms with Gasteiger partial charge in [0.2, 0.25) is 5.88 Å². The molecule has 1 heterocycles. The van der Waals surface area contributed by atoms with Crippen LogP contribution >= 0.6 is 0 Å². The van der Waals surface area contributed by atoms with Crippen LogP contribution in [0, 0.1) is 5.92 Å². The third-order valence-electron chi connectivity index (χ3n) is 3.85. The number of nitrogens with two attached hydrogens (primary N) is 1. The topological polar surface area (TPSA) is 120 Å². The van der Waals surface area contributed by atoms with Gasteiger partial charge >= 0.3 is 0 Å². The Morgan fingerprint density at radius 3 is 2.60 bits per heavy atom. The van der Waals surface area contributed by atoms with Gasteiger partial charge in [0.05, 0.1) is 18.5 Å². The van der Waals surface area contributed by atoms with Gasteiger partial charge in [0.25, 0.3) is 5.91 Å². The molecule has 0 aromatic carbocycles. The zero-order valence-corrected chi connectivity index (χ0v) is 11.4. The maximum atomic E-state index is 11.1. The second-order valence-electron chi connectivity index (χ2n) is 4.83. The Bertz CT molecular complexity index is 489. The van der Waals surface area contributed by atoms with Crippen molar-refractivity contribution >= 4 is 5.91 Å². The minimum Gasteiger partial charge on any atom is -0.493 e. The number of imidazole rings is 1. The number of carbonyl (C=O) groups is 1. The number of hydrogen-bond donors (Lipinski definition) is 3. The molecule has 0 bridgehead atoms. The Kier molecular flexibility index (Phi) is 4.26. The molecular weight excluding hydrogens is 266 g/mol. The lowest BCUT2D eigenvalue weighted by Gasteiger charge is -2.24. The quantitative estimate of drug-likeness (QED) is 0.656. The molecule has 0 aliphatic heterocycles. The normalized spacial score (nSPS) is 29.8. The van der Waals surface area contributed by atoms with Crippen molar-refractivity contribution in [3.05, 3.63) is 12.0 Å². The number of primary amides is 1. The molecule has 20 heavy (non-hydrogen) atoms. The Balaban J connectivity index is 2.34. The fourth-order valence-corrected chi connectivity index (χ4v) is 2.90. The number of nitrogens with zero attached hydrogens (tertiary/aromatic N) is 2. The van der Waals surface area contributed by atoms with Crippen LogP contribution in [0.5, 0.6) is 5.88 Å². The fraction of sp³-hybridized carbons (Fsp3) is 0.667. The van der Waals surface area contributed by atoms with Crippen molar-refractivity contribution in [3.63, 3.8) is 0 Å². The second kappa shape index (κ2) is 5.78. The van der Waals surface area contributed by atoms with Crippen molar-refractivity contribution in [2.24, 2.45) is 11.7 Å². The van der Waals surface area contributed by atoms with Crippen LogP contribution in [0.15, 0.2) is 6.33 Å². The molecule has 1 aliphatic carbocycles. The smallest absolute Gasteiger partial charge is 0.272 e. The standard InChI is InChI=1S/C12H19N3O5/c1-19-9-6(4-16)3-7(10(9)20-2)15-5-14-8(11(13)17)12(15)18/h5-7,9-10,16,18H,3-4H2,1-2H3,(H2,13,17). The molecule has 8 heteroatoms. The minimum absolute atomic E-state index is 0.0486. The van der Waals surface area contributed by atoms with Gasteiger partial charge in [-0.2, -0.15) is 0 Å². The molecule has 1 amide bonds. The van der Waals surface area contributed by atoms with E-state index < -0.39 is 5.91 Å². The summed E-state index contributed by atoms with van der Waals surface area (Å²) in [6, 6.07) is -0.289. The SMILES string of the molecule is COC1C(CO)CC(n2cnc(C(N)=O)c2O)C1OC. The van der Waals surface area contributed by atoms with E-state index >= 15 is 0 Å². The molecule has 1 aromatic rings. The molecule has 1 saturated carbocycles. The van der Waals surface area contributed by atoms with E-state index in [1.165, 1.54) is 18.0 Å². The summed E-state index contributed by atoms with van der Waals surface area (Å²) in [5.41, 5.74) is 4.95. The number of aliphatic hydroxyl groups excluding tert-OH is 1. The van der Waals surface area contributed by atoms with E-state index in [1.807, 2.05) is 0 Å². The molecule has 8 nitrogen and oxygen atoms in total. The van der Waals surface area contributed by atoms with Crippen LogP contribution in [0.1, 0.15) is 23.0 Å². The van der Waals surface area contributed by atoms with E-state index in [1.54, 1.807) is 7.11 Å². The van der Waals surface area contributed by atoms with E-state index in [0.29, 0.717) is 6.42 Å². The van der Waals surface area contributed by atoms with Gasteiger partial charge in [-0.25, -0.2) is 4.98 Å². The monoisotopic (exact) mass is 285 g/mol. The van der Waals surface area contributed by atoms with Gasteiger partial charge in [0.15, 0.2) is 5.69 Å². The van der Waals surface area contributed by atoms with Crippen molar-refractivity contribution in [2.75, 3.05) is 20.8 Å². The van der Waals surface area contributed by atoms with Gasteiger partial charge in [-0.15, -0.1) is 0 Å². The Labute approximate surface area is 116 Å². The summed E-state index contributed by atoms with van der Waals surface area (Å²) in [5, 5.41) is 19.4. The summed E-state index contributed by atoms with van der Waals surface area (Å²) in [4.78, 5) is 14.9. The molecule has 1 aliphatic rings. The first kappa shape index (κ1) is 14.8.